The summed E-state index contributed by atoms with van der Waals surface area (Å²) < 4.78 is 7.32. The van der Waals surface area contributed by atoms with Crippen molar-refractivity contribution in [3.8, 4) is 0 Å². The van der Waals surface area contributed by atoms with Gasteiger partial charge in [-0.1, -0.05) is 0 Å². The number of rotatable bonds is 2. The van der Waals surface area contributed by atoms with Crippen molar-refractivity contribution < 1.29 is 14.1 Å². The molecule has 0 radical (unpaired) electrons. The normalized spacial score (nSPS) is 19.3. The Kier molecular flexibility index (Phi) is 4.01. The van der Waals surface area contributed by atoms with Crippen LogP contribution in [0.1, 0.15) is 33.6 Å². The van der Waals surface area contributed by atoms with Crippen molar-refractivity contribution in [2.24, 2.45) is 0 Å². The molecule has 2 aliphatic rings. The molecule has 1 aliphatic carbocycles. The van der Waals surface area contributed by atoms with Crippen LogP contribution < -0.4 is 4.90 Å². The van der Waals surface area contributed by atoms with Gasteiger partial charge in [-0.3, -0.25) is 4.90 Å². The van der Waals surface area contributed by atoms with Crippen LogP contribution in [0.5, 0.6) is 0 Å². The Morgan fingerprint density at radius 3 is 2.54 bits per heavy atom. The number of pyridine rings is 1. The number of aromatic nitrogens is 1. The van der Waals surface area contributed by atoms with Gasteiger partial charge in [0.25, 0.3) is 0 Å². The Morgan fingerprint density at radius 1 is 1.33 bits per heavy atom. The Labute approximate surface area is 143 Å². The van der Waals surface area contributed by atoms with E-state index < -0.39 is 5.60 Å². The lowest BCUT2D eigenvalue weighted by Crippen LogP contribution is -2.58. The Bertz CT molecular complexity index is 644. The molecule has 1 aliphatic heterocycles. The topological polar surface area (TPSA) is 48.7 Å². The number of carbonyl (C=O) groups is 1. The van der Waals surface area contributed by atoms with Crippen molar-refractivity contribution in [2.45, 2.75) is 44.8 Å². The van der Waals surface area contributed by atoms with E-state index in [1.807, 2.05) is 45.0 Å². The standard InChI is InChI=1S/C18H27N4O2/c1-17(2,3)24-16(23)22-11-10-21(13-18(22)8-9-18)14-6-7-15(19-12-14)20(4)5/h6-7,12H,4,8-11,13H2,1-3,5H3/q+1. The average molecular weight is 331 g/mol. The van der Waals surface area contributed by atoms with Crippen molar-refractivity contribution in [1.82, 2.24) is 9.88 Å². The first-order valence-corrected chi connectivity index (χ1v) is 8.46. The van der Waals surface area contributed by atoms with Crippen molar-refractivity contribution in [3.05, 3.63) is 18.3 Å². The molecule has 1 aromatic heterocycles. The second-order valence-electron chi connectivity index (χ2n) is 7.85. The molecule has 1 aromatic rings. The smallest absolute Gasteiger partial charge is 0.410 e. The lowest BCUT2D eigenvalue weighted by molar-refractivity contribution is -0.399. The molecule has 3 rings (SSSR count). The van der Waals surface area contributed by atoms with Gasteiger partial charge < -0.3 is 9.64 Å². The maximum atomic E-state index is 12.5. The van der Waals surface area contributed by atoms with Crippen LogP contribution in [-0.4, -0.2) is 65.1 Å². The average Bonchev–Trinajstić information content (AvgIpc) is 3.25. The van der Waals surface area contributed by atoms with E-state index in [0.29, 0.717) is 6.54 Å². The van der Waals surface area contributed by atoms with Gasteiger partial charge in [0, 0.05) is 25.7 Å². The molecule has 0 unspecified atom stereocenters. The minimum atomic E-state index is -0.454. The number of hydrogen-bond acceptors (Lipinski definition) is 4. The van der Waals surface area contributed by atoms with E-state index in [9.17, 15) is 4.79 Å². The van der Waals surface area contributed by atoms with E-state index in [0.717, 1.165) is 37.4 Å². The fraction of sp³-hybridized carbons (Fsp3) is 0.611. The van der Waals surface area contributed by atoms with Gasteiger partial charge >= 0.3 is 11.9 Å². The lowest BCUT2D eigenvalue weighted by Gasteiger charge is -2.43. The Balaban J connectivity index is 1.70. The van der Waals surface area contributed by atoms with Crippen LogP contribution in [-0.2, 0) is 4.74 Å². The van der Waals surface area contributed by atoms with E-state index in [4.69, 9.17) is 4.74 Å². The molecule has 0 bridgehead atoms. The fourth-order valence-electron chi connectivity index (χ4n) is 3.16. The summed E-state index contributed by atoms with van der Waals surface area (Å²) in [6, 6.07) is 4.05. The van der Waals surface area contributed by atoms with E-state index in [-0.39, 0.29) is 11.6 Å². The maximum Gasteiger partial charge on any atom is 0.410 e. The van der Waals surface area contributed by atoms with Gasteiger partial charge in [-0.15, -0.1) is 0 Å². The molecule has 1 saturated heterocycles. The van der Waals surface area contributed by atoms with Crippen LogP contribution >= 0.6 is 0 Å². The quantitative estimate of drug-likeness (QED) is 0.617. The summed E-state index contributed by atoms with van der Waals surface area (Å²) in [6.07, 6.45) is 3.77. The highest BCUT2D eigenvalue weighted by Gasteiger charge is 2.54. The number of amides is 1. The third kappa shape index (κ3) is 3.37. The zero-order chi connectivity index (χ0) is 17.5. The molecule has 2 fully saturated rings. The van der Waals surface area contributed by atoms with E-state index in [1.165, 1.54) is 0 Å². The van der Waals surface area contributed by atoms with E-state index >= 15 is 0 Å². The first-order valence-electron chi connectivity index (χ1n) is 8.46. The number of anilines is 1. The zero-order valence-corrected chi connectivity index (χ0v) is 15.1. The lowest BCUT2D eigenvalue weighted by atomic mass is 10.1. The van der Waals surface area contributed by atoms with Crippen LogP contribution in [0.4, 0.5) is 16.3 Å². The summed E-state index contributed by atoms with van der Waals surface area (Å²) >= 11 is 0. The number of piperazine rings is 1. The first kappa shape index (κ1) is 16.7. The molecule has 2 heterocycles. The van der Waals surface area contributed by atoms with Gasteiger partial charge in [-0.25, -0.2) is 9.37 Å². The second kappa shape index (κ2) is 5.76. The number of hydrogen-bond donors (Lipinski definition) is 0. The summed E-state index contributed by atoms with van der Waals surface area (Å²) in [4.78, 5) is 21.2. The summed E-state index contributed by atoms with van der Waals surface area (Å²) in [5.41, 5.74) is 0.572. The molecule has 1 amide bonds. The SMILES string of the molecule is C=[N+](C)c1ccc(N2CCN(C(=O)OC(C)(C)C)C3(CC3)C2)cn1. The highest BCUT2D eigenvalue weighted by molar-refractivity contribution is 5.71. The number of nitrogens with zero attached hydrogens (tertiary/aromatic N) is 4. The monoisotopic (exact) mass is 331 g/mol. The summed E-state index contributed by atoms with van der Waals surface area (Å²) in [7, 11) is 1.88. The zero-order valence-electron chi connectivity index (χ0n) is 15.1. The largest absolute Gasteiger partial charge is 0.444 e. The first-order chi connectivity index (χ1) is 11.2. The predicted molar refractivity (Wildman–Crippen MR) is 94.3 cm³/mol. The third-order valence-corrected chi connectivity index (χ3v) is 4.58. The molecule has 130 valence electrons. The van der Waals surface area contributed by atoms with Gasteiger partial charge in [0.2, 0.25) is 0 Å². The van der Waals surface area contributed by atoms with Gasteiger partial charge in [-0.05, 0) is 44.7 Å². The van der Waals surface area contributed by atoms with Gasteiger partial charge in [0.15, 0.2) is 6.20 Å². The summed E-state index contributed by atoms with van der Waals surface area (Å²) in [5.74, 6) is 0.840. The van der Waals surface area contributed by atoms with Crippen LogP contribution in [0.25, 0.3) is 0 Å². The third-order valence-electron chi connectivity index (χ3n) is 4.58. The fourth-order valence-corrected chi connectivity index (χ4v) is 3.16. The molecule has 0 atom stereocenters. The van der Waals surface area contributed by atoms with Gasteiger partial charge in [0.05, 0.1) is 25.0 Å². The predicted octanol–water partition coefficient (Wildman–Crippen LogP) is 2.65. The van der Waals surface area contributed by atoms with Crippen LogP contribution in [0.15, 0.2) is 18.3 Å². The highest BCUT2D eigenvalue weighted by atomic mass is 16.6. The Morgan fingerprint density at radius 2 is 2.04 bits per heavy atom. The molecular weight excluding hydrogens is 304 g/mol. The number of ether oxygens (including phenoxy) is 1. The van der Waals surface area contributed by atoms with E-state index in [2.05, 4.69) is 22.7 Å². The van der Waals surface area contributed by atoms with Gasteiger partial charge in [-0.2, -0.15) is 0 Å². The van der Waals surface area contributed by atoms with Crippen molar-refractivity contribution in [2.75, 3.05) is 31.6 Å². The molecule has 0 aromatic carbocycles. The van der Waals surface area contributed by atoms with Crippen molar-refractivity contribution >= 4 is 24.3 Å². The minimum Gasteiger partial charge on any atom is -0.444 e. The van der Waals surface area contributed by atoms with E-state index in [1.54, 1.807) is 4.58 Å². The second-order valence-corrected chi connectivity index (χ2v) is 7.85. The molecular formula is C18H27N4O2+. The number of carbonyl (C=O) groups excluding carboxylic acids is 1. The molecule has 0 N–H and O–H groups in total. The molecule has 1 spiro atoms. The van der Waals surface area contributed by atoms with Crippen molar-refractivity contribution in [1.29, 1.82) is 0 Å². The van der Waals surface area contributed by atoms with Crippen LogP contribution in [0, 0.1) is 0 Å². The molecule has 24 heavy (non-hydrogen) atoms. The minimum absolute atomic E-state index is 0.0671. The molecule has 6 heteroatoms. The summed E-state index contributed by atoms with van der Waals surface area (Å²) in [6.45, 7) is 11.9. The van der Waals surface area contributed by atoms with Crippen molar-refractivity contribution in [3.63, 3.8) is 0 Å². The molecule has 1 saturated carbocycles. The van der Waals surface area contributed by atoms with Gasteiger partial charge in [0.1, 0.15) is 5.60 Å². The highest BCUT2D eigenvalue weighted by Crippen LogP contribution is 2.45. The maximum absolute atomic E-state index is 12.5. The summed E-state index contributed by atoms with van der Waals surface area (Å²) in [5, 5.41) is 0. The molecule has 6 nitrogen and oxygen atoms in total. The van der Waals surface area contributed by atoms with Crippen LogP contribution in [0.2, 0.25) is 0 Å². The Hall–Kier alpha value is -2.11. The van der Waals surface area contributed by atoms with Crippen LogP contribution in [0.3, 0.4) is 0 Å².